The molecule has 1 aliphatic rings. The number of guanidine groups is 1. The smallest absolute Gasteiger partial charge is 0.191 e. The highest BCUT2D eigenvalue weighted by Crippen LogP contribution is 2.11. The number of halogens is 1. The molecule has 0 aromatic heterocycles. The van der Waals surface area contributed by atoms with Gasteiger partial charge in [0.25, 0.3) is 0 Å². The van der Waals surface area contributed by atoms with E-state index in [4.69, 9.17) is 0 Å². The van der Waals surface area contributed by atoms with E-state index in [9.17, 15) is 0 Å². The largest absolute Gasteiger partial charge is 0.356 e. The van der Waals surface area contributed by atoms with E-state index < -0.39 is 0 Å². The number of hydrogen-bond acceptors (Lipinski definition) is 3. The van der Waals surface area contributed by atoms with Crippen LogP contribution in [0.25, 0.3) is 0 Å². The summed E-state index contributed by atoms with van der Waals surface area (Å²) in [6.07, 6.45) is 6.42. The lowest BCUT2D eigenvalue weighted by Gasteiger charge is -2.20. The standard InChI is InChI=1S/C12H25N3.HI/c1-3-5-7-11(4-2)10-15-12-13-8-6-9-14-12;/h11H,3-10H2,1-2H3,(H2,13,14,15);1H. The van der Waals surface area contributed by atoms with Crippen molar-refractivity contribution in [3.05, 3.63) is 0 Å². The van der Waals surface area contributed by atoms with Crippen LogP contribution in [-0.2, 0) is 0 Å². The molecule has 0 fully saturated rings. The predicted octanol–water partition coefficient (Wildman–Crippen LogP) is 2.76. The summed E-state index contributed by atoms with van der Waals surface area (Å²) in [7, 11) is 0. The highest BCUT2D eigenvalue weighted by molar-refractivity contribution is 14.0. The Bertz CT molecular complexity index is 195. The molecule has 0 saturated carbocycles. The topological polar surface area (TPSA) is 36.4 Å². The summed E-state index contributed by atoms with van der Waals surface area (Å²) in [5.74, 6) is 1.81. The third kappa shape index (κ3) is 6.55. The SMILES string of the molecule is CCCCC(CC)CNC1=NCCCN1.I. The summed E-state index contributed by atoms with van der Waals surface area (Å²) >= 11 is 0. The molecule has 3 nitrogen and oxygen atoms in total. The molecule has 16 heavy (non-hydrogen) atoms. The van der Waals surface area contributed by atoms with Crippen LogP contribution >= 0.6 is 24.0 Å². The molecule has 2 N–H and O–H groups in total. The zero-order chi connectivity index (χ0) is 10.9. The Morgan fingerprint density at radius 2 is 2.25 bits per heavy atom. The average molecular weight is 339 g/mol. The van der Waals surface area contributed by atoms with Gasteiger partial charge in [-0.3, -0.25) is 4.99 Å². The summed E-state index contributed by atoms with van der Waals surface area (Å²) in [5.41, 5.74) is 0. The summed E-state index contributed by atoms with van der Waals surface area (Å²) in [5, 5.41) is 6.71. The van der Waals surface area contributed by atoms with E-state index in [-0.39, 0.29) is 24.0 Å². The van der Waals surface area contributed by atoms with E-state index in [1.165, 1.54) is 25.7 Å². The Kier molecular flexibility index (Phi) is 10.2. The van der Waals surface area contributed by atoms with Crippen molar-refractivity contribution in [2.24, 2.45) is 10.9 Å². The van der Waals surface area contributed by atoms with Crippen LogP contribution in [0.15, 0.2) is 4.99 Å². The van der Waals surface area contributed by atoms with Gasteiger partial charge in [0, 0.05) is 19.6 Å². The van der Waals surface area contributed by atoms with E-state index in [2.05, 4.69) is 29.5 Å². The van der Waals surface area contributed by atoms with Crippen molar-refractivity contribution in [1.29, 1.82) is 0 Å². The maximum Gasteiger partial charge on any atom is 0.191 e. The van der Waals surface area contributed by atoms with Crippen LogP contribution in [0.3, 0.4) is 0 Å². The minimum atomic E-state index is 0. The van der Waals surface area contributed by atoms with E-state index >= 15 is 0 Å². The molecule has 96 valence electrons. The molecular formula is C12H26IN3. The molecule has 4 heteroatoms. The molecule has 1 heterocycles. The van der Waals surface area contributed by atoms with Gasteiger partial charge in [0.1, 0.15) is 0 Å². The van der Waals surface area contributed by atoms with Gasteiger partial charge in [0.05, 0.1) is 0 Å². The molecule has 0 radical (unpaired) electrons. The van der Waals surface area contributed by atoms with Crippen molar-refractivity contribution in [3.8, 4) is 0 Å². The highest BCUT2D eigenvalue weighted by atomic mass is 127. The molecule has 0 saturated heterocycles. The second-order valence-electron chi connectivity index (χ2n) is 4.31. The minimum Gasteiger partial charge on any atom is -0.356 e. The molecule has 0 amide bonds. The number of nitrogens with one attached hydrogen (secondary N) is 2. The van der Waals surface area contributed by atoms with Crippen molar-refractivity contribution in [2.75, 3.05) is 19.6 Å². The molecule has 0 bridgehead atoms. The first-order valence-electron chi connectivity index (χ1n) is 6.39. The molecule has 1 aliphatic heterocycles. The number of nitrogens with zero attached hydrogens (tertiary/aromatic N) is 1. The Hall–Kier alpha value is 0. The lowest BCUT2D eigenvalue weighted by Crippen LogP contribution is -2.42. The predicted molar refractivity (Wildman–Crippen MR) is 81.6 cm³/mol. The monoisotopic (exact) mass is 339 g/mol. The highest BCUT2D eigenvalue weighted by Gasteiger charge is 2.08. The quantitative estimate of drug-likeness (QED) is 0.730. The molecule has 0 spiro atoms. The van der Waals surface area contributed by atoms with E-state index in [1.807, 2.05) is 0 Å². The number of aliphatic imine (C=N–C) groups is 1. The van der Waals surface area contributed by atoms with Crippen LogP contribution in [0.2, 0.25) is 0 Å². The molecule has 0 aromatic carbocycles. The molecule has 0 aromatic rings. The first kappa shape index (κ1) is 16.0. The van der Waals surface area contributed by atoms with Crippen LogP contribution in [-0.4, -0.2) is 25.6 Å². The zero-order valence-corrected chi connectivity index (χ0v) is 12.9. The number of unbranched alkanes of at least 4 members (excludes halogenated alkanes) is 1. The van der Waals surface area contributed by atoms with Crippen molar-refractivity contribution in [1.82, 2.24) is 10.6 Å². The summed E-state index contributed by atoms with van der Waals surface area (Å²) in [6.45, 7) is 7.64. The normalized spacial score (nSPS) is 16.8. The molecule has 1 atom stereocenters. The van der Waals surface area contributed by atoms with E-state index in [0.717, 1.165) is 37.9 Å². The lowest BCUT2D eigenvalue weighted by molar-refractivity contribution is 0.442. The van der Waals surface area contributed by atoms with E-state index in [1.54, 1.807) is 0 Å². The summed E-state index contributed by atoms with van der Waals surface area (Å²) in [4.78, 5) is 4.41. The molecule has 0 aliphatic carbocycles. The van der Waals surface area contributed by atoms with Crippen molar-refractivity contribution in [3.63, 3.8) is 0 Å². The van der Waals surface area contributed by atoms with Crippen LogP contribution in [0.5, 0.6) is 0 Å². The average Bonchev–Trinajstić information content (AvgIpc) is 2.31. The van der Waals surface area contributed by atoms with Crippen molar-refractivity contribution in [2.45, 2.75) is 46.0 Å². The Morgan fingerprint density at radius 1 is 1.44 bits per heavy atom. The van der Waals surface area contributed by atoms with Crippen molar-refractivity contribution >= 4 is 29.9 Å². The van der Waals surface area contributed by atoms with Gasteiger partial charge >= 0.3 is 0 Å². The van der Waals surface area contributed by atoms with Gasteiger partial charge in [-0.05, 0) is 18.8 Å². The minimum absolute atomic E-state index is 0. The number of hydrogen-bond donors (Lipinski definition) is 2. The van der Waals surface area contributed by atoms with Gasteiger partial charge in [-0.1, -0.05) is 33.1 Å². The molecular weight excluding hydrogens is 313 g/mol. The fourth-order valence-corrected chi connectivity index (χ4v) is 1.84. The molecule has 1 rings (SSSR count). The second kappa shape index (κ2) is 10.2. The van der Waals surface area contributed by atoms with E-state index in [0.29, 0.717) is 0 Å². The Morgan fingerprint density at radius 3 is 2.81 bits per heavy atom. The van der Waals surface area contributed by atoms with Gasteiger partial charge < -0.3 is 10.6 Å². The van der Waals surface area contributed by atoms with Gasteiger partial charge in [0.2, 0.25) is 0 Å². The van der Waals surface area contributed by atoms with Crippen LogP contribution in [0.4, 0.5) is 0 Å². The molecule has 1 unspecified atom stereocenters. The fourth-order valence-electron chi connectivity index (χ4n) is 1.84. The fraction of sp³-hybridized carbons (Fsp3) is 0.917. The maximum atomic E-state index is 4.41. The van der Waals surface area contributed by atoms with Crippen LogP contribution in [0.1, 0.15) is 46.0 Å². The Balaban J connectivity index is 0.00000225. The van der Waals surface area contributed by atoms with Gasteiger partial charge in [0.15, 0.2) is 5.96 Å². The first-order valence-corrected chi connectivity index (χ1v) is 6.39. The van der Waals surface area contributed by atoms with Crippen molar-refractivity contribution < 1.29 is 0 Å². The van der Waals surface area contributed by atoms with Crippen LogP contribution in [0, 0.1) is 5.92 Å². The third-order valence-electron chi connectivity index (χ3n) is 3.00. The maximum absolute atomic E-state index is 4.41. The number of rotatable bonds is 6. The van der Waals surface area contributed by atoms with Gasteiger partial charge in [-0.15, -0.1) is 24.0 Å². The second-order valence-corrected chi connectivity index (χ2v) is 4.31. The van der Waals surface area contributed by atoms with Crippen LogP contribution < -0.4 is 10.6 Å². The van der Waals surface area contributed by atoms with Gasteiger partial charge in [-0.2, -0.15) is 0 Å². The summed E-state index contributed by atoms with van der Waals surface area (Å²) < 4.78 is 0. The third-order valence-corrected chi connectivity index (χ3v) is 3.00. The first-order chi connectivity index (χ1) is 7.36. The Labute approximate surface area is 117 Å². The van der Waals surface area contributed by atoms with Gasteiger partial charge in [-0.25, -0.2) is 0 Å². The summed E-state index contributed by atoms with van der Waals surface area (Å²) in [6, 6.07) is 0. The lowest BCUT2D eigenvalue weighted by atomic mass is 9.99. The zero-order valence-electron chi connectivity index (χ0n) is 10.6.